The molecule has 1 N–H and O–H groups in total. The lowest BCUT2D eigenvalue weighted by Crippen LogP contribution is -2.43. The van der Waals surface area contributed by atoms with Crippen LogP contribution in [0.4, 0.5) is 5.69 Å². The van der Waals surface area contributed by atoms with Gasteiger partial charge in [-0.2, -0.15) is 5.26 Å². The zero-order valence-corrected chi connectivity index (χ0v) is 10.7. The van der Waals surface area contributed by atoms with Gasteiger partial charge in [0.05, 0.1) is 24.3 Å². The van der Waals surface area contributed by atoms with Crippen molar-refractivity contribution in [2.24, 2.45) is 0 Å². The molecule has 4 heteroatoms. The highest BCUT2D eigenvalue weighted by Crippen LogP contribution is 2.19. The van der Waals surface area contributed by atoms with Gasteiger partial charge < -0.3 is 15.0 Å². The Morgan fingerprint density at radius 2 is 2.44 bits per heavy atom. The van der Waals surface area contributed by atoms with Crippen molar-refractivity contribution in [3.05, 3.63) is 29.8 Å². The molecule has 0 spiro atoms. The molecule has 1 aromatic rings. The van der Waals surface area contributed by atoms with Gasteiger partial charge in [0.1, 0.15) is 0 Å². The lowest BCUT2D eigenvalue weighted by molar-refractivity contribution is 0.0358. The van der Waals surface area contributed by atoms with Crippen molar-refractivity contribution >= 4 is 5.69 Å². The molecule has 1 heterocycles. The predicted molar refractivity (Wildman–Crippen MR) is 71.7 cm³/mol. The molecule has 1 saturated heterocycles. The zero-order valence-electron chi connectivity index (χ0n) is 10.7. The molecule has 1 atom stereocenters. The number of ether oxygens (including phenoxy) is 1. The summed E-state index contributed by atoms with van der Waals surface area (Å²) in [5, 5.41) is 12.1. The van der Waals surface area contributed by atoms with Crippen molar-refractivity contribution in [1.82, 2.24) is 5.32 Å². The fourth-order valence-corrected chi connectivity index (χ4v) is 2.21. The van der Waals surface area contributed by atoms with E-state index in [0.717, 1.165) is 38.3 Å². The van der Waals surface area contributed by atoms with Crippen LogP contribution < -0.4 is 10.2 Å². The van der Waals surface area contributed by atoms with E-state index in [1.54, 1.807) is 0 Å². The highest BCUT2D eigenvalue weighted by atomic mass is 16.5. The summed E-state index contributed by atoms with van der Waals surface area (Å²) < 4.78 is 5.74. The van der Waals surface area contributed by atoms with Gasteiger partial charge in [-0.1, -0.05) is 6.07 Å². The first-order valence-electron chi connectivity index (χ1n) is 6.35. The minimum atomic E-state index is 0.275. The van der Waals surface area contributed by atoms with E-state index in [1.165, 1.54) is 0 Å². The number of anilines is 1. The van der Waals surface area contributed by atoms with Crippen LogP contribution in [0.1, 0.15) is 12.0 Å². The minimum absolute atomic E-state index is 0.275. The second-order valence-electron chi connectivity index (χ2n) is 4.49. The highest BCUT2D eigenvalue weighted by Gasteiger charge is 2.20. The van der Waals surface area contributed by atoms with Gasteiger partial charge in [-0.25, -0.2) is 0 Å². The molecule has 4 nitrogen and oxygen atoms in total. The molecule has 96 valence electrons. The normalized spacial score (nSPS) is 19.6. The predicted octanol–water partition coefficient (Wildman–Crippen LogP) is 1.37. The molecular weight excluding hydrogens is 226 g/mol. The molecule has 1 aliphatic rings. The van der Waals surface area contributed by atoms with Crippen LogP contribution in [-0.4, -0.2) is 39.4 Å². The second kappa shape index (κ2) is 6.39. The summed E-state index contributed by atoms with van der Waals surface area (Å²) in [6.45, 7) is 3.52. The van der Waals surface area contributed by atoms with Crippen molar-refractivity contribution < 1.29 is 4.74 Å². The van der Waals surface area contributed by atoms with E-state index in [1.807, 2.05) is 25.2 Å². The number of benzene rings is 1. The average molecular weight is 245 g/mol. The Bertz CT molecular complexity index is 427. The minimum Gasteiger partial charge on any atom is -0.374 e. The van der Waals surface area contributed by atoms with Crippen LogP contribution >= 0.6 is 0 Å². The van der Waals surface area contributed by atoms with Crippen molar-refractivity contribution in [3.8, 4) is 6.07 Å². The third kappa shape index (κ3) is 3.22. The van der Waals surface area contributed by atoms with E-state index in [2.05, 4.69) is 22.4 Å². The Morgan fingerprint density at radius 3 is 3.22 bits per heavy atom. The van der Waals surface area contributed by atoms with Gasteiger partial charge in [0, 0.05) is 18.8 Å². The van der Waals surface area contributed by atoms with E-state index >= 15 is 0 Å². The quantitative estimate of drug-likeness (QED) is 0.870. The van der Waals surface area contributed by atoms with Crippen molar-refractivity contribution in [2.75, 3.05) is 38.2 Å². The zero-order chi connectivity index (χ0) is 12.8. The molecule has 1 unspecified atom stereocenters. The van der Waals surface area contributed by atoms with E-state index in [4.69, 9.17) is 10.00 Å². The van der Waals surface area contributed by atoms with Gasteiger partial charge in [0.25, 0.3) is 0 Å². The SMILES string of the molecule is CNCCC1CN(c2cccc(C#N)c2)CCO1. The van der Waals surface area contributed by atoms with E-state index < -0.39 is 0 Å². The summed E-state index contributed by atoms with van der Waals surface area (Å²) in [5.41, 5.74) is 1.83. The molecule has 1 aliphatic heterocycles. The van der Waals surface area contributed by atoms with Gasteiger partial charge in [-0.05, 0) is 38.2 Å². The molecule has 2 rings (SSSR count). The Kier molecular flexibility index (Phi) is 4.57. The summed E-state index contributed by atoms with van der Waals surface area (Å²) >= 11 is 0. The van der Waals surface area contributed by atoms with Gasteiger partial charge in [0.15, 0.2) is 0 Å². The molecule has 0 aromatic heterocycles. The number of hydrogen-bond donors (Lipinski definition) is 1. The molecule has 18 heavy (non-hydrogen) atoms. The molecule has 0 aliphatic carbocycles. The topological polar surface area (TPSA) is 48.3 Å². The van der Waals surface area contributed by atoms with E-state index in [-0.39, 0.29) is 6.10 Å². The Balaban J connectivity index is 2.01. The van der Waals surface area contributed by atoms with Crippen molar-refractivity contribution in [2.45, 2.75) is 12.5 Å². The van der Waals surface area contributed by atoms with Crippen molar-refractivity contribution in [1.29, 1.82) is 5.26 Å². The van der Waals surface area contributed by atoms with Crippen LogP contribution in [-0.2, 0) is 4.74 Å². The molecule has 0 radical (unpaired) electrons. The first-order valence-corrected chi connectivity index (χ1v) is 6.35. The number of morpholine rings is 1. The summed E-state index contributed by atoms with van der Waals surface area (Å²) in [6, 6.07) is 9.96. The maximum Gasteiger partial charge on any atom is 0.0992 e. The largest absolute Gasteiger partial charge is 0.374 e. The Labute approximate surface area is 108 Å². The van der Waals surface area contributed by atoms with Crippen molar-refractivity contribution in [3.63, 3.8) is 0 Å². The average Bonchev–Trinajstić information content (AvgIpc) is 2.45. The third-order valence-electron chi connectivity index (χ3n) is 3.20. The third-order valence-corrected chi connectivity index (χ3v) is 3.20. The Hall–Kier alpha value is -1.57. The van der Waals surface area contributed by atoms with Gasteiger partial charge >= 0.3 is 0 Å². The van der Waals surface area contributed by atoms with E-state index in [9.17, 15) is 0 Å². The van der Waals surface area contributed by atoms with Gasteiger partial charge in [-0.3, -0.25) is 0 Å². The molecule has 0 saturated carbocycles. The molecule has 1 aromatic carbocycles. The van der Waals surface area contributed by atoms with Crippen LogP contribution in [0.25, 0.3) is 0 Å². The second-order valence-corrected chi connectivity index (χ2v) is 4.49. The maximum absolute atomic E-state index is 8.93. The van der Waals surface area contributed by atoms with Gasteiger partial charge in [-0.15, -0.1) is 0 Å². The first kappa shape index (κ1) is 12.9. The fourth-order valence-electron chi connectivity index (χ4n) is 2.21. The standard InChI is InChI=1S/C14H19N3O/c1-16-6-5-14-11-17(7-8-18-14)13-4-2-3-12(9-13)10-15/h2-4,9,14,16H,5-8,11H2,1H3. The molecular formula is C14H19N3O. The van der Waals surface area contributed by atoms with E-state index in [0.29, 0.717) is 5.56 Å². The molecule has 0 amide bonds. The monoisotopic (exact) mass is 245 g/mol. The van der Waals surface area contributed by atoms with Crippen LogP contribution in [0.2, 0.25) is 0 Å². The lowest BCUT2D eigenvalue weighted by atomic mass is 10.1. The smallest absolute Gasteiger partial charge is 0.0992 e. The lowest BCUT2D eigenvalue weighted by Gasteiger charge is -2.34. The summed E-state index contributed by atoms with van der Waals surface area (Å²) in [7, 11) is 1.96. The Morgan fingerprint density at radius 1 is 1.56 bits per heavy atom. The fraction of sp³-hybridized carbons (Fsp3) is 0.500. The summed E-state index contributed by atoms with van der Waals surface area (Å²) in [5.74, 6) is 0. The number of hydrogen-bond acceptors (Lipinski definition) is 4. The number of rotatable bonds is 4. The van der Waals surface area contributed by atoms with Crippen LogP contribution in [0.3, 0.4) is 0 Å². The molecule has 1 fully saturated rings. The summed E-state index contributed by atoms with van der Waals surface area (Å²) in [4.78, 5) is 2.30. The highest BCUT2D eigenvalue weighted by molar-refractivity contribution is 5.51. The van der Waals surface area contributed by atoms with Crippen LogP contribution in [0.5, 0.6) is 0 Å². The first-order chi connectivity index (χ1) is 8.83. The number of nitriles is 1. The maximum atomic E-state index is 8.93. The van der Waals surface area contributed by atoms with Crippen LogP contribution in [0.15, 0.2) is 24.3 Å². The van der Waals surface area contributed by atoms with Crippen LogP contribution in [0, 0.1) is 11.3 Å². The summed E-state index contributed by atoms with van der Waals surface area (Å²) in [6.07, 6.45) is 1.29. The van der Waals surface area contributed by atoms with Gasteiger partial charge in [0.2, 0.25) is 0 Å². The number of nitrogens with zero attached hydrogens (tertiary/aromatic N) is 2. The number of nitrogens with one attached hydrogen (secondary N) is 1. The molecule has 0 bridgehead atoms.